The van der Waals surface area contributed by atoms with E-state index in [2.05, 4.69) is 17.3 Å². The standard InChI is InChI=1S/C19H26N4O3/c1-2-23-13-17(11-21-23)10-20-12-18-14-22(8-9-25-18)19(24)26-15-16-6-4-3-5-7-16/h3-7,11,13,18,20H,2,8-10,12,14-15H2,1H3. The molecule has 1 aromatic carbocycles. The maximum absolute atomic E-state index is 12.3. The van der Waals surface area contributed by atoms with E-state index < -0.39 is 0 Å². The van der Waals surface area contributed by atoms with Crippen LogP contribution in [-0.4, -0.2) is 53.1 Å². The second-order valence-electron chi connectivity index (χ2n) is 6.31. The Morgan fingerprint density at radius 1 is 1.35 bits per heavy atom. The van der Waals surface area contributed by atoms with E-state index in [4.69, 9.17) is 9.47 Å². The van der Waals surface area contributed by atoms with Crippen molar-refractivity contribution >= 4 is 6.09 Å². The first-order chi connectivity index (χ1) is 12.7. The smallest absolute Gasteiger partial charge is 0.410 e. The third-order valence-electron chi connectivity index (χ3n) is 4.31. The van der Waals surface area contributed by atoms with Crippen LogP contribution in [0.2, 0.25) is 0 Å². The first-order valence-electron chi connectivity index (χ1n) is 9.04. The van der Waals surface area contributed by atoms with E-state index in [1.165, 1.54) is 0 Å². The Morgan fingerprint density at radius 3 is 2.96 bits per heavy atom. The summed E-state index contributed by atoms with van der Waals surface area (Å²) in [5.74, 6) is 0. The predicted octanol–water partition coefficient (Wildman–Crippen LogP) is 2.03. The molecular weight excluding hydrogens is 332 g/mol. The number of nitrogens with zero attached hydrogens (tertiary/aromatic N) is 3. The van der Waals surface area contributed by atoms with Crippen LogP contribution < -0.4 is 5.32 Å². The van der Waals surface area contributed by atoms with Gasteiger partial charge in [-0.1, -0.05) is 30.3 Å². The second-order valence-corrected chi connectivity index (χ2v) is 6.31. The number of morpholine rings is 1. The van der Waals surface area contributed by atoms with Gasteiger partial charge in [-0.3, -0.25) is 4.68 Å². The number of carbonyl (C=O) groups is 1. The number of hydrogen-bond donors (Lipinski definition) is 1. The summed E-state index contributed by atoms with van der Waals surface area (Å²) in [5.41, 5.74) is 2.13. The summed E-state index contributed by atoms with van der Waals surface area (Å²) in [6.07, 6.45) is 3.58. The molecule has 0 aliphatic carbocycles. The van der Waals surface area contributed by atoms with E-state index in [1.54, 1.807) is 4.90 Å². The molecule has 26 heavy (non-hydrogen) atoms. The number of benzene rings is 1. The van der Waals surface area contributed by atoms with E-state index in [1.807, 2.05) is 47.4 Å². The van der Waals surface area contributed by atoms with Gasteiger partial charge >= 0.3 is 6.09 Å². The van der Waals surface area contributed by atoms with Crippen LogP contribution in [0.4, 0.5) is 4.79 Å². The van der Waals surface area contributed by atoms with Gasteiger partial charge in [0.1, 0.15) is 6.61 Å². The fourth-order valence-electron chi connectivity index (χ4n) is 2.87. The zero-order chi connectivity index (χ0) is 18.2. The maximum Gasteiger partial charge on any atom is 0.410 e. The van der Waals surface area contributed by atoms with Gasteiger partial charge in [-0.15, -0.1) is 0 Å². The van der Waals surface area contributed by atoms with Crippen molar-refractivity contribution in [2.24, 2.45) is 0 Å². The lowest BCUT2D eigenvalue weighted by Crippen LogP contribution is -2.49. The highest BCUT2D eigenvalue weighted by Gasteiger charge is 2.25. The summed E-state index contributed by atoms with van der Waals surface area (Å²) in [5, 5.41) is 7.63. The number of aromatic nitrogens is 2. The Morgan fingerprint density at radius 2 is 2.19 bits per heavy atom. The molecule has 1 aromatic heterocycles. The number of nitrogens with one attached hydrogen (secondary N) is 1. The number of aryl methyl sites for hydroxylation is 1. The molecule has 1 atom stereocenters. The SMILES string of the molecule is CCn1cc(CNCC2CN(C(=O)OCc3ccccc3)CCO2)cn1. The number of amides is 1. The Kier molecular flexibility index (Phi) is 6.62. The molecule has 0 bridgehead atoms. The fraction of sp³-hybridized carbons (Fsp3) is 0.474. The molecule has 7 heteroatoms. The van der Waals surface area contributed by atoms with Crippen LogP contribution in [0.25, 0.3) is 0 Å². The van der Waals surface area contributed by atoms with Gasteiger partial charge in [-0.05, 0) is 12.5 Å². The van der Waals surface area contributed by atoms with Crippen molar-refractivity contribution in [1.29, 1.82) is 0 Å². The molecule has 7 nitrogen and oxygen atoms in total. The van der Waals surface area contributed by atoms with Crippen LogP contribution in [0.5, 0.6) is 0 Å². The topological polar surface area (TPSA) is 68.6 Å². The summed E-state index contributed by atoms with van der Waals surface area (Å²) in [4.78, 5) is 14.0. The van der Waals surface area contributed by atoms with Crippen LogP contribution in [0.1, 0.15) is 18.1 Å². The molecule has 1 aliphatic rings. The van der Waals surface area contributed by atoms with Gasteiger partial charge in [0.2, 0.25) is 0 Å². The van der Waals surface area contributed by atoms with Crippen molar-refractivity contribution < 1.29 is 14.3 Å². The highest BCUT2D eigenvalue weighted by Crippen LogP contribution is 2.09. The molecule has 1 amide bonds. The van der Waals surface area contributed by atoms with Gasteiger partial charge in [0.15, 0.2) is 0 Å². The molecule has 1 fully saturated rings. The van der Waals surface area contributed by atoms with E-state index in [-0.39, 0.29) is 12.2 Å². The van der Waals surface area contributed by atoms with Gasteiger partial charge in [0, 0.05) is 37.9 Å². The van der Waals surface area contributed by atoms with Crippen molar-refractivity contribution in [3.05, 3.63) is 53.9 Å². The van der Waals surface area contributed by atoms with Crippen LogP contribution >= 0.6 is 0 Å². The summed E-state index contributed by atoms with van der Waals surface area (Å²) in [7, 11) is 0. The molecule has 0 spiro atoms. The summed E-state index contributed by atoms with van der Waals surface area (Å²) in [6, 6.07) is 9.70. The monoisotopic (exact) mass is 358 g/mol. The van der Waals surface area contributed by atoms with Crippen LogP contribution in [-0.2, 0) is 29.2 Å². The zero-order valence-corrected chi connectivity index (χ0v) is 15.1. The first-order valence-corrected chi connectivity index (χ1v) is 9.04. The number of rotatable bonds is 7. The van der Waals surface area contributed by atoms with Crippen molar-refractivity contribution in [2.45, 2.75) is 32.7 Å². The normalized spacial score (nSPS) is 17.3. The minimum absolute atomic E-state index is 0.0331. The fourth-order valence-corrected chi connectivity index (χ4v) is 2.87. The van der Waals surface area contributed by atoms with E-state index in [0.717, 1.165) is 24.2 Å². The minimum atomic E-state index is -0.286. The van der Waals surface area contributed by atoms with Crippen LogP contribution in [0, 0.1) is 0 Å². The molecule has 0 saturated carbocycles. The number of ether oxygens (including phenoxy) is 2. The van der Waals surface area contributed by atoms with Gasteiger partial charge in [0.05, 0.1) is 25.5 Å². The lowest BCUT2D eigenvalue weighted by molar-refractivity contribution is -0.0271. The average molecular weight is 358 g/mol. The molecule has 1 aliphatic heterocycles. The van der Waals surface area contributed by atoms with E-state index >= 15 is 0 Å². The summed E-state index contributed by atoms with van der Waals surface area (Å²) in [6.45, 7) is 6.26. The predicted molar refractivity (Wildman–Crippen MR) is 97.5 cm³/mol. The van der Waals surface area contributed by atoms with Crippen molar-refractivity contribution in [3.63, 3.8) is 0 Å². The first kappa shape index (κ1) is 18.4. The quantitative estimate of drug-likeness (QED) is 0.820. The van der Waals surface area contributed by atoms with E-state index in [0.29, 0.717) is 32.8 Å². The Bertz CT molecular complexity index is 689. The lowest BCUT2D eigenvalue weighted by atomic mass is 10.2. The number of carbonyl (C=O) groups excluding carboxylic acids is 1. The minimum Gasteiger partial charge on any atom is -0.445 e. The van der Waals surface area contributed by atoms with Gasteiger partial charge in [0.25, 0.3) is 0 Å². The molecule has 1 N–H and O–H groups in total. The Balaban J connectivity index is 1.39. The van der Waals surface area contributed by atoms with E-state index in [9.17, 15) is 4.79 Å². The molecule has 3 rings (SSSR count). The Labute approximate surface area is 153 Å². The van der Waals surface area contributed by atoms with Crippen molar-refractivity contribution in [3.8, 4) is 0 Å². The molecule has 0 radical (unpaired) electrons. The molecular formula is C19H26N4O3. The summed E-state index contributed by atoms with van der Waals surface area (Å²) < 4.78 is 13.1. The zero-order valence-electron chi connectivity index (χ0n) is 15.1. The average Bonchev–Trinajstić information content (AvgIpc) is 3.15. The van der Waals surface area contributed by atoms with Crippen LogP contribution in [0.3, 0.4) is 0 Å². The molecule has 140 valence electrons. The highest BCUT2D eigenvalue weighted by molar-refractivity contribution is 5.67. The van der Waals surface area contributed by atoms with Crippen molar-refractivity contribution in [2.75, 3.05) is 26.2 Å². The van der Waals surface area contributed by atoms with Gasteiger partial charge in [-0.2, -0.15) is 5.10 Å². The third-order valence-corrected chi connectivity index (χ3v) is 4.31. The largest absolute Gasteiger partial charge is 0.445 e. The molecule has 2 heterocycles. The highest BCUT2D eigenvalue weighted by atomic mass is 16.6. The Hall–Kier alpha value is -2.38. The lowest BCUT2D eigenvalue weighted by Gasteiger charge is -2.32. The maximum atomic E-state index is 12.3. The van der Waals surface area contributed by atoms with Crippen molar-refractivity contribution in [1.82, 2.24) is 20.0 Å². The molecule has 1 saturated heterocycles. The second kappa shape index (κ2) is 9.35. The third kappa shape index (κ3) is 5.31. The molecule has 1 unspecified atom stereocenters. The summed E-state index contributed by atoms with van der Waals surface area (Å²) >= 11 is 0. The van der Waals surface area contributed by atoms with Crippen LogP contribution in [0.15, 0.2) is 42.7 Å². The molecule has 2 aromatic rings. The number of hydrogen-bond acceptors (Lipinski definition) is 5. The van der Waals surface area contributed by atoms with Gasteiger partial charge in [-0.25, -0.2) is 4.79 Å². The van der Waals surface area contributed by atoms with Gasteiger partial charge < -0.3 is 19.7 Å².